The molecule has 0 saturated carbocycles. The molecule has 3 N–H and O–H groups in total. The summed E-state index contributed by atoms with van der Waals surface area (Å²) in [6.07, 6.45) is 7.78. The van der Waals surface area contributed by atoms with Gasteiger partial charge in [-0.15, -0.1) is 0 Å². The van der Waals surface area contributed by atoms with Crippen LogP contribution >= 0.6 is 11.6 Å². The van der Waals surface area contributed by atoms with E-state index in [9.17, 15) is 0 Å². The molecule has 2 aromatic rings. The summed E-state index contributed by atoms with van der Waals surface area (Å²) in [4.78, 5) is 4.01. The molecule has 1 aromatic carbocycles. The van der Waals surface area contributed by atoms with Crippen LogP contribution in [0, 0.1) is 0 Å². The van der Waals surface area contributed by atoms with E-state index in [-0.39, 0.29) is 0 Å². The number of nitrogen functional groups attached to an aromatic ring is 1. The number of benzene rings is 1. The summed E-state index contributed by atoms with van der Waals surface area (Å²) in [5.41, 5.74) is 7.49. The Bertz CT molecular complexity index is 482. The number of aryl methyl sites for hydroxylation is 1. The molecule has 1 heterocycles. The minimum atomic E-state index is 0.699. The smallest absolute Gasteiger partial charge is 0.0945 e. The van der Waals surface area contributed by atoms with Gasteiger partial charge in [0.25, 0.3) is 0 Å². The number of nitrogens with two attached hydrogens (primary N) is 1. The van der Waals surface area contributed by atoms with Crippen LogP contribution in [0.3, 0.4) is 0 Å². The Morgan fingerprint density at radius 2 is 2.22 bits per heavy atom. The first-order chi connectivity index (χ1) is 8.75. The number of aromatic nitrogens is 2. The largest absolute Gasteiger partial charge is 0.397 e. The molecule has 5 heteroatoms. The fraction of sp³-hybridized carbons (Fsp3) is 0.308. The van der Waals surface area contributed by atoms with Crippen molar-refractivity contribution in [3.8, 4) is 0 Å². The van der Waals surface area contributed by atoms with Crippen molar-refractivity contribution in [2.45, 2.75) is 19.4 Å². The summed E-state index contributed by atoms with van der Waals surface area (Å²) < 4.78 is 2.08. The summed E-state index contributed by atoms with van der Waals surface area (Å²) >= 11 is 5.92. The highest BCUT2D eigenvalue weighted by atomic mass is 35.5. The third-order valence-corrected chi connectivity index (χ3v) is 2.97. The molecule has 4 nitrogen and oxygen atoms in total. The van der Waals surface area contributed by atoms with Crippen molar-refractivity contribution < 1.29 is 0 Å². The molecule has 0 radical (unpaired) electrons. The van der Waals surface area contributed by atoms with Crippen molar-refractivity contribution in [2.24, 2.45) is 0 Å². The van der Waals surface area contributed by atoms with Gasteiger partial charge in [0.15, 0.2) is 0 Å². The van der Waals surface area contributed by atoms with Gasteiger partial charge in [-0.05, 0) is 31.0 Å². The second kappa shape index (κ2) is 6.31. The summed E-state index contributed by atoms with van der Waals surface area (Å²) in [7, 11) is 0. The van der Waals surface area contributed by atoms with Crippen LogP contribution in [0.25, 0.3) is 0 Å². The second-order valence-corrected chi connectivity index (χ2v) is 4.60. The van der Waals surface area contributed by atoms with E-state index in [1.54, 1.807) is 12.3 Å². The van der Waals surface area contributed by atoms with Crippen LogP contribution in [0.2, 0.25) is 5.02 Å². The van der Waals surface area contributed by atoms with Crippen LogP contribution in [0.1, 0.15) is 12.8 Å². The minimum Gasteiger partial charge on any atom is -0.397 e. The van der Waals surface area contributed by atoms with Crippen molar-refractivity contribution >= 4 is 23.0 Å². The molecule has 1 aromatic heterocycles. The Morgan fingerprint density at radius 3 is 3.00 bits per heavy atom. The minimum absolute atomic E-state index is 0.699. The van der Waals surface area contributed by atoms with Gasteiger partial charge in [-0.3, -0.25) is 0 Å². The van der Waals surface area contributed by atoms with Crippen LogP contribution < -0.4 is 11.1 Å². The number of hydrogen-bond donors (Lipinski definition) is 2. The molecule has 2 rings (SSSR count). The standard InChI is InChI=1S/C13H17ClN4/c14-11-3-4-12(15)13(9-11)17-5-1-2-7-18-8-6-16-10-18/h3-4,6,8-10,17H,1-2,5,7,15H2. The molecule has 0 amide bonds. The van der Waals surface area contributed by atoms with Crippen molar-refractivity contribution in [2.75, 3.05) is 17.6 Å². The first kappa shape index (κ1) is 12.8. The van der Waals surface area contributed by atoms with Gasteiger partial charge in [-0.1, -0.05) is 11.6 Å². The number of imidazole rings is 1. The number of rotatable bonds is 6. The predicted octanol–water partition coefficient (Wildman–Crippen LogP) is 3.01. The zero-order valence-electron chi connectivity index (χ0n) is 10.1. The lowest BCUT2D eigenvalue weighted by Gasteiger charge is -2.09. The zero-order valence-corrected chi connectivity index (χ0v) is 10.9. The molecule has 0 aliphatic heterocycles. The van der Waals surface area contributed by atoms with Crippen molar-refractivity contribution in [1.29, 1.82) is 0 Å². The first-order valence-corrected chi connectivity index (χ1v) is 6.38. The third kappa shape index (κ3) is 3.67. The molecule has 96 valence electrons. The van der Waals surface area contributed by atoms with E-state index in [0.29, 0.717) is 5.02 Å². The zero-order chi connectivity index (χ0) is 12.8. The van der Waals surface area contributed by atoms with Crippen LogP contribution in [-0.2, 0) is 6.54 Å². The fourth-order valence-electron chi connectivity index (χ4n) is 1.74. The van der Waals surface area contributed by atoms with Gasteiger partial charge in [0.2, 0.25) is 0 Å². The third-order valence-electron chi connectivity index (χ3n) is 2.73. The quantitative estimate of drug-likeness (QED) is 0.623. The maximum Gasteiger partial charge on any atom is 0.0945 e. The summed E-state index contributed by atoms with van der Waals surface area (Å²) in [5.74, 6) is 0. The fourth-order valence-corrected chi connectivity index (χ4v) is 1.92. The maximum atomic E-state index is 5.92. The van der Waals surface area contributed by atoms with Crippen LogP contribution in [0.5, 0.6) is 0 Å². The highest BCUT2D eigenvalue weighted by molar-refractivity contribution is 6.31. The van der Waals surface area contributed by atoms with Gasteiger partial charge in [-0.2, -0.15) is 0 Å². The average Bonchev–Trinajstić information content (AvgIpc) is 2.86. The predicted molar refractivity (Wildman–Crippen MR) is 75.8 cm³/mol. The van der Waals surface area contributed by atoms with E-state index >= 15 is 0 Å². The molecular formula is C13H17ClN4. The lowest BCUT2D eigenvalue weighted by Crippen LogP contribution is -2.05. The van der Waals surface area contributed by atoms with Gasteiger partial charge in [0.1, 0.15) is 0 Å². The van der Waals surface area contributed by atoms with Crippen molar-refractivity contribution in [3.05, 3.63) is 41.9 Å². The summed E-state index contributed by atoms with van der Waals surface area (Å²) in [6, 6.07) is 5.46. The van der Waals surface area contributed by atoms with E-state index < -0.39 is 0 Å². The van der Waals surface area contributed by atoms with E-state index in [2.05, 4.69) is 14.9 Å². The molecule has 0 aliphatic rings. The van der Waals surface area contributed by atoms with Gasteiger partial charge >= 0.3 is 0 Å². The van der Waals surface area contributed by atoms with E-state index in [1.807, 2.05) is 24.7 Å². The second-order valence-electron chi connectivity index (χ2n) is 4.17. The molecule has 0 fully saturated rings. The van der Waals surface area contributed by atoms with Crippen LogP contribution in [0.4, 0.5) is 11.4 Å². The molecular weight excluding hydrogens is 248 g/mol. The Hall–Kier alpha value is -1.68. The first-order valence-electron chi connectivity index (χ1n) is 6.00. The summed E-state index contributed by atoms with van der Waals surface area (Å²) in [5, 5.41) is 4.00. The average molecular weight is 265 g/mol. The molecule has 0 saturated heterocycles. The Kier molecular flexibility index (Phi) is 4.47. The normalized spacial score (nSPS) is 10.5. The van der Waals surface area contributed by atoms with Crippen LogP contribution in [0.15, 0.2) is 36.9 Å². The number of nitrogens with one attached hydrogen (secondary N) is 1. The molecule has 0 spiro atoms. The SMILES string of the molecule is Nc1ccc(Cl)cc1NCCCCn1ccnc1. The number of nitrogens with zero attached hydrogens (tertiary/aromatic N) is 2. The van der Waals surface area contributed by atoms with Gasteiger partial charge in [0.05, 0.1) is 17.7 Å². The van der Waals surface area contributed by atoms with Gasteiger partial charge in [-0.25, -0.2) is 4.98 Å². The molecule has 0 aliphatic carbocycles. The van der Waals surface area contributed by atoms with Crippen LogP contribution in [-0.4, -0.2) is 16.1 Å². The summed E-state index contributed by atoms with van der Waals surface area (Å²) in [6.45, 7) is 1.88. The highest BCUT2D eigenvalue weighted by Crippen LogP contribution is 2.22. The lowest BCUT2D eigenvalue weighted by atomic mass is 10.2. The van der Waals surface area contributed by atoms with E-state index in [4.69, 9.17) is 17.3 Å². The Labute approximate surface area is 112 Å². The van der Waals surface area contributed by atoms with Crippen molar-refractivity contribution in [1.82, 2.24) is 9.55 Å². The Morgan fingerprint density at radius 1 is 1.33 bits per heavy atom. The monoisotopic (exact) mass is 264 g/mol. The van der Waals surface area contributed by atoms with E-state index in [0.717, 1.165) is 37.3 Å². The Balaban J connectivity index is 1.70. The lowest BCUT2D eigenvalue weighted by molar-refractivity contribution is 0.621. The number of anilines is 2. The molecule has 0 atom stereocenters. The number of halogens is 1. The molecule has 0 unspecified atom stereocenters. The van der Waals surface area contributed by atoms with E-state index in [1.165, 1.54) is 0 Å². The topological polar surface area (TPSA) is 55.9 Å². The van der Waals surface area contributed by atoms with Crippen molar-refractivity contribution in [3.63, 3.8) is 0 Å². The maximum absolute atomic E-state index is 5.92. The highest BCUT2D eigenvalue weighted by Gasteiger charge is 1.99. The number of hydrogen-bond acceptors (Lipinski definition) is 3. The molecule has 0 bridgehead atoms. The molecule has 18 heavy (non-hydrogen) atoms. The number of unbranched alkanes of at least 4 members (excludes halogenated alkanes) is 1. The van der Waals surface area contributed by atoms with Gasteiger partial charge in [0, 0.05) is 30.5 Å². The van der Waals surface area contributed by atoms with Gasteiger partial charge < -0.3 is 15.6 Å².